The second kappa shape index (κ2) is 10.7. The lowest BCUT2D eigenvalue weighted by Crippen LogP contribution is -2.36. The number of halogens is 1. The first-order valence-electron chi connectivity index (χ1n) is 9.58. The Morgan fingerprint density at radius 2 is 2.15 bits per heavy atom. The highest BCUT2D eigenvalue weighted by Crippen LogP contribution is 2.37. The summed E-state index contributed by atoms with van der Waals surface area (Å²) >= 11 is 6.43. The zero-order valence-corrected chi connectivity index (χ0v) is 17.3. The summed E-state index contributed by atoms with van der Waals surface area (Å²) in [5.74, 6) is 0.501. The van der Waals surface area contributed by atoms with Crippen molar-refractivity contribution in [3.63, 3.8) is 0 Å². The van der Waals surface area contributed by atoms with E-state index in [1.165, 1.54) is 0 Å². The van der Waals surface area contributed by atoms with Crippen LogP contribution in [0.4, 0.5) is 0 Å². The smallest absolute Gasteiger partial charge is 0.317 e. The Morgan fingerprint density at radius 3 is 2.81 bits per heavy atom. The van der Waals surface area contributed by atoms with Crippen molar-refractivity contribution < 1.29 is 19.4 Å². The Labute approximate surface area is 167 Å². The van der Waals surface area contributed by atoms with Crippen LogP contribution in [0.2, 0.25) is 5.02 Å². The van der Waals surface area contributed by atoms with Crippen LogP contribution < -0.4 is 9.47 Å². The van der Waals surface area contributed by atoms with Crippen LogP contribution in [0.25, 0.3) is 0 Å². The number of carboxylic acid groups (broad SMARTS) is 1. The highest BCUT2D eigenvalue weighted by Gasteiger charge is 2.22. The summed E-state index contributed by atoms with van der Waals surface area (Å²) in [6.07, 6.45) is 3.95. The molecule has 0 aromatic heterocycles. The quantitative estimate of drug-likeness (QED) is 0.686. The van der Waals surface area contributed by atoms with Crippen LogP contribution in [-0.4, -0.2) is 67.3 Å². The fraction of sp³-hybridized carbons (Fsp3) is 0.650. The minimum Gasteiger partial charge on any atom is -0.493 e. The number of nitrogens with zero attached hydrogens (tertiary/aromatic N) is 2. The van der Waals surface area contributed by atoms with E-state index in [0.717, 1.165) is 50.9 Å². The predicted octanol–water partition coefficient (Wildman–Crippen LogP) is 3.51. The van der Waals surface area contributed by atoms with Crippen LogP contribution in [0.1, 0.15) is 38.2 Å². The molecular formula is C20H31ClN2O4. The van der Waals surface area contributed by atoms with Crippen molar-refractivity contribution in [2.75, 3.05) is 40.4 Å². The van der Waals surface area contributed by atoms with Crippen LogP contribution in [0.3, 0.4) is 0 Å². The van der Waals surface area contributed by atoms with Crippen molar-refractivity contribution in [1.82, 2.24) is 9.80 Å². The third-order valence-corrected chi connectivity index (χ3v) is 5.22. The Morgan fingerprint density at radius 1 is 1.37 bits per heavy atom. The van der Waals surface area contributed by atoms with E-state index < -0.39 is 5.97 Å². The van der Waals surface area contributed by atoms with Crippen LogP contribution in [-0.2, 0) is 11.3 Å². The average molecular weight is 399 g/mol. The molecule has 0 radical (unpaired) electrons. The molecule has 1 atom stereocenters. The van der Waals surface area contributed by atoms with Gasteiger partial charge in [-0.3, -0.25) is 14.6 Å². The maximum Gasteiger partial charge on any atom is 0.317 e. The van der Waals surface area contributed by atoms with Gasteiger partial charge in [0.1, 0.15) is 0 Å². The molecule has 1 aliphatic rings. The van der Waals surface area contributed by atoms with E-state index in [1.54, 1.807) is 7.11 Å². The van der Waals surface area contributed by atoms with Crippen LogP contribution in [0, 0.1) is 0 Å². The largest absolute Gasteiger partial charge is 0.493 e. The molecule has 0 amide bonds. The lowest BCUT2D eigenvalue weighted by molar-refractivity contribution is -0.138. The van der Waals surface area contributed by atoms with Crippen LogP contribution in [0.15, 0.2) is 12.1 Å². The highest BCUT2D eigenvalue weighted by molar-refractivity contribution is 6.32. The van der Waals surface area contributed by atoms with Crippen molar-refractivity contribution in [1.29, 1.82) is 0 Å². The monoisotopic (exact) mass is 398 g/mol. The Balaban J connectivity index is 2.00. The van der Waals surface area contributed by atoms with Crippen molar-refractivity contribution >= 4 is 17.6 Å². The van der Waals surface area contributed by atoms with Gasteiger partial charge in [0.15, 0.2) is 11.5 Å². The molecule has 6 nitrogen and oxygen atoms in total. The summed E-state index contributed by atoms with van der Waals surface area (Å²) in [6, 6.07) is 4.26. The highest BCUT2D eigenvalue weighted by atomic mass is 35.5. The van der Waals surface area contributed by atoms with Crippen LogP contribution >= 0.6 is 11.6 Å². The maximum absolute atomic E-state index is 10.9. The number of likely N-dealkylation sites (N-methyl/N-ethyl adjacent to an activating group) is 1. The minimum atomic E-state index is -0.772. The number of hydrogen-bond acceptors (Lipinski definition) is 5. The molecule has 1 aromatic rings. The fourth-order valence-corrected chi connectivity index (χ4v) is 3.83. The molecule has 0 saturated carbocycles. The van der Waals surface area contributed by atoms with E-state index in [4.69, 9.17) is 26.2 Å². The number of carboxylic acids is 1. The number of benzene rings is 1. The minimum absolute atomic E-state index is 0.0939. The normalized spacial score (nSPS) is 18.3. The Kier molecular flexibility index (Phi) is 8.67. The van der Waals surface area contributed by atoms with Crippen molar-refractivity contribution in [2.45, 2.75) is 45.2 Å². The number of likely N-dealkylation sites (tertiary alicyclic amines) is 1. The van der Waals surface area contributed by atoms with Crippen molar-refractivity contribution in [2.24, 2.45) is 0 Å². The van der Waals surface area contributed by atoms with Gasteiger partial charge in [-0.25, -0.2) is 0 Å². The van der Waals surface area contributed by atoms with Crippen LogP contribution in [0.5, 0.6) is 11.5 Å². The zero-order valence-electron chi connectivity index (χ0n) is 16.5. The number of ether oxygens (including phenoxy) is 2. The molecule has 1 heterocycles. The third kappa shape index (κ3) is 6.55. The lowest BCUT2D eigenvalue weighted by atomic mass is 10.1. The molecule has 0 aliphatic carbocycles. The second-order valence-electron chi connectivity index (χ2n) is 7.13. The van der Waals surface area contributed by atoms with E-state index in [1.807, 2.05) is 24.1 Å². The standard InChI is InChI=1S/C20H31ClN2O4/c1-4-10-27-20-17(21)11-15(12-18(20)26-3)13-23-8-5-6-16(7-9-23)22(2)14-19(24)25/h11-12,16H,4-10,13-14H2,1-3H3,(H,24,25). The van der Waals surface area contributed by atoms with Gasteiger partial charge in [-0.1, -0.05) is 18.5 Å². The molecule has 1 aromatic carbocycles. The van der Waals surface area contributed by atoms with Gasteiger partial charge in [0.25, 0.3) is 0 Å². The fourth-order valence-electron chi connectivity index (χ4n) is 3.55. The van der Waals surface area contributed by atoms with Gasteiger partial charge in [0, 0.05) is 12.6 Å². The first-order chi connectivity index (χ1) is 12.9. The summed E-state index contributed by atoms with van der Waals surface area (Å²) in [5.41, 5.74) is 1.10. The summed E-state index contributed by atoms with van der Waals surface area (Å²) in [4.78, 5) is 15.3. The number of hydrogen-bond donors (Lipinski definition) is 1. The summed E-state index contributed by atoms with van der Waals surface area (Å²) in [6.45, 7) is 5.46. The van der Waals surface area contributed by atoms with E-state index in [2.05, 4.69) is 11.8 Å². The average Bonchev–Trinajstić information content (AvgIpc) is 2.85. The molecule has 2 rings (SSSR count). The molecule has 0 spiro atoms. The summed E-state index contributed by atoms with van der Waals surface area (Å²) < 4.78 is 11.2. The molecule has 152 valence electrons. The van der Waals surface area contributed by atoms with Crippen molar-refractivity contribution in [3.8, 4) is 11.5 Å². The van der Waals surface area contributed by atoms with E-state index in [0.29, 0.717) is 29.2 Å². The second-order valence-corrected chi connectivity index (χ2v) is 7.53. The topological polar surface area (TPSA) is 62.2 Å². The lowest BCUT2D eigenvalue weighted by Gasteiger charge is -2.25. The maximum atomic E-state index is 10.9. The first-order valence-corrected chi connectivity index (χ1v) is 9.96. The molecule has 1 fully saturated rings. The summed E-state index contributed by atoms with van der Waals surface area (Å²) in [7, 11) is 3.52. The van der Waals surface area contributed by atoms with Gasteiger partial charge < -0.3 is 14.6 Å². The molecule has 1 unspecified atom stereocenters. The van der Waals surface area contributed by atoms with Gasteiger partial charge in [-0.2, -0.15) is 0 Å². The zero-order chi connectivity index (χ0) is 19.8. The van der Waals surface area contributed by atoms with Gasteiger partial charge in [-0.15, -0.1) is 0 Å². The van der Waals surface area contributed by atoms with E-state index in [9.17, 15) is 4.79 Å². The molecule has 1 saturated heterocycles. The number of methoxy groups -OCH3 is 1. The molecular weight excluding hydrogens is 368 g/mol. The van der Waals surface area contributed by atoms with Gasteiger partial charge in [0.05, 0.1) is 25.3 Å². The van der Waals surface area contributed by atoms with Gasteiger partial charge >= 0.3 is 5.97 Å². The van der Waals surface area contributed by atoms with E-state index >= 15 is 0 Å². The number of carbonyl (C=O) groups is 1. The van der Waals surface area contributed by atoms with Crippen molar-refractivity contribution in [3.05, 3.63) is 22.7 Å². The van der Waals surface area contributed by atoms with Gasteiger partial charge in [0.2, 0.25) is 0 Å². The number of rotatable bonds is 9. The summed E-state index contributed by atoms with van der Waals surface area (Å²) in [5, 5.41) is 9.57. The molecule has 27 heavy (non-hydrogen) atoms. The molecule has 7 heteroatoms. The molecule has 1 aliphatic heterocycles. The first kappa shape index (κ1) is 21.8. The molecule has 1 N–H and O–H groups in total. The SMILES string of the molecule is CCCOc1c(Cl)cc(CN2CCCC(N(C)CC(=O)O)CC2)cc1OC. The Hall–Kier alpha value is -1.50. The third-order valence-electron chi connectivity index (χ3n) is 4.94. The Bertz CT molecular complexity index is 626. The van der Waals surface area contributed by atoms with E-state index in [-0.39, 0.29) is 6.54 Å². The molecule has 0 bridgehead atoms. The van der Waals surface area contributed by atoms with Gasteiger partial charge in [-0.05, 0) is 63.5 Å². The predicted molar refractivity (Wildman–Crippen MR) is 107 cm³/mol. The number of aliphatic carboxylic acids is 1.